The van der Waals surface area contributed by atoms with Gasteiger partial charge in [0, 0.05) is 23.9 Å². The first-order valence-electron chi connectivity index (χ1n) is 8.86. The van der Waals surface area contributed by atoms with Gasteiger partial charge in [-0.25, -0.2) is 0 Å². The average Bonchev–Trinajstić information content (AvgIpc) is 2.59. The molecule has 0 aliphatic carbocycles. The number of benzene rings is 2. The molecule has 0 radical (unpaired) electrons. The molecule has 3 heteroatoms. The van der Waals surface area contributed by atoms with Gasteiger partial charge in [0.15, 0.2) is 0 Å². The number of nitrogens with one attached hydrogen (secondary N) is 1. The van der Waals surface area contributed by atoms with Crippen LogP contribution in [0, 0.1) is 5.92 Å². The van der Waals surface area contributed by atoms with E-state index in [1.54, 1.807) is 0 Å². The molecule has 0 amide bonds. The second-order valence-electron chi connectivity index (χ2n) is 6.40. The maximum atomic E-state index is 5.91. The van der Waals surface area contributed by atoms with Crippen molar-refractivity contribution in [2.24, 2.45) is 5.92 Å². The zero-order valence-electron chi connectivity index (χ0n) is 15.0. The summed E-state index contributed by atoms with van der Waals surface area (Å²) in [5, 5.41) is 3.46. The summed E-state index contributed by atoms with van der Waals surface area (Å²) >= 11 is 0. The Labute approximate surface area is 146 Å². The van der Waals surface area contributed by atoms with Crippen molar-refractivity contribution in [2.75, 3.05) is 18.5 Å². The minimum Gasteiger partial charge on any atom is -0.494 e. The molecule has 2 rings (SSSR count). The van der Waals surface area contributed by atoms with Crippen molar-refractivity contribution >= 4 is 5.69 Å². The third-order valence-electron chi connectivity index (χ3n) is 3.63. The minimum atomic E-state index is 0.517. The zero-order valence-corrected chi connectivity index (χ0v) is 15.0. The Morgan fingerprint density at radius 2 is 1.83 bits per heavy atom. The van der Waals surface area contributed by atoms with Crippen molar-refractivity contribution in [1.29, 1.82) is 0 Å². The summed E-state index contributed by atoms with van der Waals surface area (Å²) in [6, 6.07) is 16.3. The van der Waals surface area contributed by atoms with Gasteiger partial charge in [0.25, 0.3) is 0 Å². The van der Waals surface area contributed by atoms with E-state index < -0.39 is 0 Å². The van der Waals surface area contributed by atoms with Gasteiger partial charge < -0.3 is 14.8 Å². The number of hydrogen-bond acceptors (Lipinski definition) is 3. The summed E-state index contributed by atoms with van der Waals surface area (Å²) < 4.78 is 11.7. The third kappa shape index (κ3) is 6.15. The summed E-state index contributed by atoms with van der Waals surface area (Å²) in [6.07, 6.45) is 2.23. The van der Waals surface area contributed by atoms with Crippen molar-refractivity contribution < 1.29 is 9.47 Å². The van der Waals surface area contributed by atoms with Gasteiger partial charge >= 0.3 is 0 Å². The van der Waals surface area contributed by atoms with Crippen molar-refractivity contribution in [1.82, 2.24) is 0 Å². The lowest BCUT2D eigenvalue weighted by molar-refractivity contribution is 0.269. The molecular weight excluding hydrogens is 298 g/mol. The first-order valence-corrected chi connectivity index (χ1v) is 8.86. The van der Waals surface area contributed by atoms with Crippen molar-refractivity contribution in [3.63, 3.8) is 0 Å². The molecule has 0 heterocycles. The van der Waals surface area contributed by atoms with E-state index in [0.717, 1.165) is 55.4 Å². The molecule has 0 aliphatic rings. The maximum Gasteiger partial charge on any atom is 0.124 e. The van der Waals surface area contributed by atoms with Gasteiger partial charge in [0.2, 0.25) is 0 Å². The molecule has 0 aliphatic heterocycles. The van der Waals surface area contributed by atoms with Crippen LogP contribution in [-0.2, 0) is 6.54 Å². The molecule has 3 nitrogen and oxygen atoms in total. The van der Waals surface area contributed by atoms with Crippen molar-refractivity contribution in [3.8, 4) is 11.5 Å². The van der Waals surface area contributed by atoms with Crippen LogP contribution in [0.25, 0.3) is 0 Å². The van der Waals surface area contributed by atoms with Crippen LogP contribution in [0.15, 0.2) is 48.5 Å². The quantitative estimate of drug-likeness (QED) is 0.583. The molecule has 2 aromatic carbocycles. The zero-order chi connectivity index (χ0) is 17.2. The number of anilines is 1. The third-order valence-corrected chi connectivity index (χ3v) is 3.63. The van der Waals surface area contributed by atoms with E-state index in [0.29, 0.717) is 5.92 Å². The van der Waals surface area contributed by atoms with E-state index >= 15 is 0 Å². The molecule has 0 bridgehead atoms. The SMILES string of the molecule is CCCCOc1cccc(NCc2ccccc2OCC(C)C)c1. The van der Waals surface area contributed by atoms with Crippen LogP contribution in [0.3, 0.4) is 0 Å². The number of ether oxygens (including phenoxy) is 2. The summed E-state index contributed by atoms with van der Waals surface area (Å²) in [6.45, 7) is 8.71. The summed E-state index contributed by atoms with van der Waals surface area (Å²) in [4.78, 5) is 0. The fourth-order valence-electron chi connectivity index (χ4n) is 2.27. The topological polar surface area (TPSA) is 30.5 Å². The molecule has 130 valence electrons. The first-order chi connectivity index (χ1) is 11.7. The van der Waals surface area contributed by atoms with E-state index in [9.17, 15) is 0 Å². The highest BCUT2D eigenvalue weighted by Crippen LogP contribution is 2.22. The largest absolute Gasteiger partial charge is 0.494 e. The van der Waals surface area contributed by atoms with E-state index in [1.165, 1.54) is 0 Å². The molecule has 0 spiro atoms. The second kappa shape index (κ2) is 9.86. The number of hydrogen-bond donors (Lipinski definition) is 1. The van der Waals surface area contributed by atoms with Gasteiger partial charge in [0.1, 0.15) is 11.5 Å². The highest BCUT2D eigenvalue weighted by atomic mass is 16.5. The highest BCUT2D eigenvalue weighted by molar-refractivity contribution is 5.49. The van der Waals surface area contributed by atoms with Crippen LogP contribution in [0.4, 0.5) is 5.69 Å². The van der Waals surface area contributed by atoms with Crippen LogP contribution in [0.2, 0.25) is 0 Å². The molecule has 0 aromatic heterocycles. The lowest BCUT2D eigenvalue weighted by Gasteiger charge is -2.14. The standard InChI is InChI=1S/C21H29NO2/c1-4-5-13-23-20-11-8-10-19(14-20)22-15-18-9-6-7-12-21(18)24-16-17(2)3/h6-12,14,17,22H,4-5,13,15-16H2,1-3H3. The van der Waals surface area contributed by atoms with E-state index in [2.05, 4.69) is 38.2 Å². The van der Waals surface area contributed by atoms with Crippen LogP contribution in [-0.4, -0.2) is 13.2 Å². The molecule has 0 unspecified atom stereocenters. The van der Waals surface area contributed by atoms with E-state index in [1.807, 2.05) is 36.4 Å². The first kappa shape index (κ1) is 18.2. The lowest BCUT2D eigenvalue weighted by Crippen LogP contribution is -2.08. The molecular formula is C21H29NO2. The van der Waals surface area contributed by atoms with Gasteiger partial charge in [-0.15, -0.1) is 0 Å². The van der Waals surface area contributed by atoms with Gasteiger partial charge in [-0.2, -0.15) is 0 Å². The molecule has 0 saturated carbocycles. The van der Waals surface area contributed by atoms with Gasteiger partial charge in [-0.3, -0.25) is 0 Å². The van der Waals surface area contributed by atoms with Crippen LogP contribution in [0.1, 0.15) is 39.2 Å². The lowest BCUT2D eigenvalue weighted by atomic mass is 10.2. The predicted molar refractivity (Wildman–Crippen MR) is 101 cm³/mol. The van der Waals surface area contributed by atoms with Crippen molar-refractivity contribution in [2.45, 2.75) is 40.2 Å². The molecule has 2 aromatic rings. The van der Waals surface area contributed by atoms with E-state index in [4.69, 9.17) is 9.47 Å². The average molecular weight is 327 g/mol. The number of unbranched alkanes of at least 4 members (excludes halogenated alkanes) is 1. The molecule has 1 N–H and O–H groups in total. The van der Waals surface area contributed by atoms with Crippen LogP contribution < -0.4 is 14.8 Å². The molecule has 0 fully saturated rings. The molecule has 0 atom stereocenters. The Kier molecular flexibility index (Phi) is 7.47. The summed E-state index contributed by atoms with van der Waals surface area (Å²) in [5.41, 5.74) is 2.22. The summed E-state index contributed by atoms with van der Waals surface area (Å²) in [5.74, 6) is 2.38. The van der Waals surface area contributed by atoms with Gasteiger partial charge in [-0.1, -0.05) is 51.5 Å². The normalized spacial score (nSPS) is 10.7. The second-order valence-corrected chi connectivity index (χ2v) is 6.40. The number of rotatable bonds is 10. The fraction of sp³-hybridized carbons (Fsp3) is 0.429. The number of para-hydroxylation sites is 1. The Balaban J connectivity index is 1.94. The monoisotopic (exact) mass is 327 g/mol. The Morgan fingerprint density at radius 3 is 2.62 bits per heavy atom. The van der Waals surface area contributed by atoms with E-state index in [-0.39, 0.29) is 0 Å². The van der Waals surface area contributed by atoms with Gasteiger partial charge in [0.05, 0.1) is 13.2 Å². The molecule has 0 saturated heterocycles. The molecule has 24 heavy (non-hydrogen) atoms. The Bertz CT molecular complexity index is 610. The summed E-state index contributed by atoms with van der Waals surface area (Å²) in [7, 11) is 0. The van der Waals surface area contributed by atoms with Crippen LogP contribution >= 0.6 is 0 Å². The smallest absolute Gasteiger partial charge is 0.124 e. The fourth-order valence-corrected chi connectivity index (χ4v) is 2.27. The minimum absolute atomic E-state index is 0.517. The predicted octanol–water partition coefficient (Wildman–Crippen LogP) is 5.51. The van der Waals surface area contributed by atoms with Gasteiger partial charge in [-0.05, 0) is 30.5 Å². The maximum absolute atomic E-state index is 5.91. The highest BCUT2D eigenvalue weighted by Gasteiger charge is 2.05. The van der Waals surface area contributed by atoms with Crippen LogP contribution in [0.5, 0.6) is 11.5 Å². The van der Waals surface area contributed by atoms with Crippen molar-refractivity contribution in [3.05, 3.63) is 54.1 Å². The Morgan fingerprint density at radius 1 is 1.00 bits per heavy atom. The Hall–Kier alpha value is -2.16.